The second-order valence-corrected chi connectivity index (χ2v) is 10.6. The molecule has 0 amide bonds. The molecule has 12 heteroatoms. The molecule has 0 unspecified atom stereocenters. The Hall–Kier alpha value is -3.47. The monoisotopic (exact) mass is 602 g/mol. The topological polar surface area (TPSA) is 102 Å². The zero-order valence-electron chi connectivity index (χ0n) is 22.2. The number of thioether (sulfide) groups is 1. The fourth-order valence-corrected chi connectivity index (χ4v) is 5.58. The van der Waals surface area contributed by atoms with E-state index in [1.54, 1.807) is 36.4 Å². The first kappa shape index (κ1) is 29.5. The van der Waals surface area contributed by atoms with Gasteiger partial charge >= 0.3 is 0 Å². The minimum absolute atomic E-state index is 0.201. The third kappa shape index (κ3) is 7.38. The molecular weight excluding hydrogens is 575 g/mol. The van der Waals surface area contributed by atoms with Crippen LogP contribution in [0, 0.1) is 17.0 Å². The van der Waals surface area contributed by atoms with Crippen molar-refractivity contribution in [3.63, 3.8) is 0 Å². The summed E-state index contributed by atoms with van der Waals surface area (Å²) in [5, 5.41) is 21.2. The molecule has 0 radical (unpaired) electrons. The van der Waals surface area contributed by atoms with Gasteiger partial charge in [-0.2, -0.15) is 0 Å². The van der Waals surface area contributed by atoms with Gasteiger partial charge in [0.1, 0.15) is 23.4 Å². The number of benzene rings is 3. The summed E-state index contributed by atoms with van der Waals surface area (Å²) in [6.07, 6.45) is 0. The molecule has 0 aliphatic rings. The van der Waals surface area contributed by atoms with Crippen molar-refractivity contribution in [2.45, 2.75) is 37.8 Å². The lowest BCUT2D eigenvalue weighted by molar-refractivity contribution is -0.479. The molecule has 1 aromatic heterocycles. The molecule has 0 saturated carbocycles. The third-order valence-electron chi connectivity index (χ3n) is 5.80. The van der Waals surface area contributed by atoms with Gasteiger partial charge in [-0.3, -0.25) is 14.7 Å². The minimum Gasteiger partial charge on any atom is -0.494 e. The lowest BCUT2D eigenvalue weighted by Crippen LogP contribution is -2.12. The number of aryl methyl sites for hydroxylation is 1. The summed E-state index contributed by atoms with van der Waals surface area (Å²) in [6, 6.07) is 18.1. The van der Waals surface area contributed by atoms with Crippen molar-refractivity contribution in [3.05, 3.63) is 97.8 Å². The summed E-state index contributed by atoms with van der Waals surface area (Å²) >= 11 is 13.5. The van der Waals surface area contributed by atoms with Crippen LogP contribution in [0.5, 0.6) is 17.2 Å². The standard InChI is InChI=1S/C28H28Cl2N4O5S/c1-4-37-23-11-9-22(10-12-23)34-18(3)31-32-28(34)40-27(16-33(35)36)19-7-13-25(26(14-19)38-5-2)39-17-20-6-8-21(29)15-24(20)30/h6-15,27H,4-5,16-17H2,1-3H3/t27-/m0/s1. The van der Waals surface area contributed by atoms with Crippen LogP contribution in [-0.2, 0) is 6.61 Å². The van der Waals surface area contributed by atoms with E-state index in [1.807, 2.05) is 49.6 Å². The second-order valence-electron chi connectivity index (χ2n) is 8.58. The van der Waals surface area contributed by atoms with Crippen molar-refractivity contribution < 1.29 is 19.1 Å². The van der Waals surface area contributed by atoms with Crippen LogP contribution < -0.4 is 14.2 Å². The fraction of sp³-hybridized carbons (Fsp3) is 0.286. The Morgan fingerprint density at radius 1 is 0.950 bits per heavy atom. The van der Waals surface area contributed by atoms with Gasteiger partial charge in [0.25, 0.3) is 0 Å². The average molecular weight is 604 g/mol. The molecule has 40 heavy (non-hydrogen) atoms. The van der Waals surface area contributed by atoms with Gasteiger partial charge in [0.05, 0.1) is 13.2 Å². The first-order valence-corrected chi connectivity index (χ1v) is 14.2. The van der Waals surface area contributed by atoms with Crippen molar-refractivity contribution in [3.8, 4) is 22.9 Å². The molecule has 210 valence electrons. The number of aromatic nitrogens is 3. The number of hydrogen-bond donors (Lipinski definition) is 0. The molecule has 1 heterocycles. The highest BCUT2D eigenvalue weighted by Gasteiger charge is 2.25. The van der Waals surface area contributed by atoms with Gasteiger partial charge in [-0.1, -0.05) is 47.1 Å². The molecule has 4 rings (SSSR count). The van der Waals surface area contributed by atoms with E-state index < -0.39 is 5.25 Å². The van der Waals surface area contributed by atoms with Gasteiger partial charge < -0.3 is 14.2 Å². The molecule has 4 aromatic rings. The summed E-state index contributed by atoms with van der Waals surface area (Å²) in [5.74, 6) is 2.38. The van der Waals surface area contributed by atoms with E-state index in [0.29, 0.717) is 51.3 Å². The largest absolute Gasteiger partial charge is 0.494 e. The van der Waals surface area contributed by atoms with Gasteiger partial charge in [-0.15, -0.1) is 10.2 Å². The number of rotatable bonds is 13. The normalized spacial score (nSPS) is 11.7. The maximum absolute atomic E-state index is 11.7. The van der Waals surface area contributed by atoms with Crippen molar-refractivity contribution in [1.29, 1.82) is 0 Å². The van der Waals surface area contributed by atoms with Crippen molar-refractivity contribution in [1.82, 2.24) is 14.8 Å². The van der Waals surface area contributed by atoms with E-state index in [4.69, 9.17) is 37.4 Å². The lowest BCUT2D eigenvalue weighted by Gasteiger charge is -2.18. The van der Waals surface area contributed by atoms with Crippen molar-refractivity contribution in [2.24, 2.45) is 0 Å². The Bertz CT molecular complexity index is 1470. The molecular formula is C28H28Cl2N4O5S. The van der Waals surface area contributed by atoms with Crippen LogP contribution in [0.2, 0.25) is 10.0 Å². The highest BCUT2D eigenvalue weighted by Crippen LogP contribution is 2.40. The molecule has 0 fully saturated rings. The first-order valence-electron chi connectivity index (χ1n) is 12.6. The lowest BCUT2D eigenvalue weighted by atomic mass is 10.1. The molecule has 0 bridgehead atoms. The predicted octanol–water partition coefficient (Wildman–Crippen LogP) is 7.37. The number of nitrogens with zero attached hydrogens (tertiary/aromatic N) is 4. The number of hydrogen-bond acceptors (Lipinski definition) is 8. The van der Waals surface area contributed by atoms with Gasteiger partial charge in [0.15, 0.2) is 16.7 Å². The molecule has 9 nitrogen and oxygen atoms in total. The van der Waals surface area contributed by atoms with E-state index in [1.165, 1.54) is 11.8 Å². The third-order valence-corrected chi connectivity index (χ3v) is 7.57. The van der Waals surface area contributed by atoms with Crippen LogP contribution >= 0.6 is 35.0 Å². The Morgan fingerprint density at radius 2 is 1.70 bits per heavy atom. The summed E-state index contributed by atoms with van der Waals surface area (Å²) in [7, 11) is 0. The zero-order chi connectivity index (χ0) is 28.6. The predicted molar refractivity (Wildman–Crippen MR) is 156 cm³/mol. The maximum atomic E-state index is 11.7. The van der Waals surface area contributed by atoms with Gasteiger partial charge in [-0.05, 0) is 74.9 Å². The van der Waals surface area contributed by atoms with Crippen LogP contribution in [0.4, 0.5) is 0 Å². The maximum Gasteiger partial charge on any atom is 0.220 e. The van der Waals surface area contributed by atoms with Crippen LogP contribution in [-0.4, -0.2) is 39.4 Å². The molecule has 0 spiro atoms. The second kappa shape index (κ2) is 13.7. The Morgan fingerprint density at radius 3 is 2.38 bits per heavy atom. The first-order chi connectivity index (χ1) is 19.3. The van der Waals surface area contributed by atoms with Gasteiger partial charge in [-0.25, -0.2) is 0 Å². The molecule has 0 aliphatic heterocycles. The van der Waals surface area contributed by atoms with Gasteiger partial charge in [0, 0.05) is 26.2 Å². The minimum atomic E-state index is -0.570. The average Bonchev–Trinajstić information content (AvgIpc) is 3.28. The van der Waals surface area contributed by atoms with E-state index in [2.05, 4.69) is 10.2 Å². The molecule has 1 atom stereocenters. The Labute approximate surface area is 246 Å². The van der Waals surface area contributed by atoms with Crippen molar-refractivity contribution in [2.75, 3.05) is 19.8 Å². The quantitative estimate of drug-likeness (QED) is 0.0887. The highest BCUT2D eigenvalue weighted by atomic mass is 35.5. The summed E-state index contributed by atoms with van der Waals surface area (Å²) in [5.41, 5.74) is 2.29. The zero-order valence-corrected chi connectivity index (χ0v) is 24.5. The Balaban J connectivity index is 1.61. The molecule has 3 aromatic carbocycles. The highest BCUT2D eigenvalue weighted by molar-refractivity contribution is 7.99. The molecule has 0 saturated heterocycles. The van der Waals surface area contributed by atoms with Crippen LogP contribution in [0.1, 0.15) is 36.0 Å². The van der Waals surface area contributed by atoms with Crippen LogP contribution in [0.25, 0.3) is 5.69 Å². The Kier molecular flexibility index (Phi) is 10.1. The van der Waals surface area contributed by atoms with Gasteiger partial charge in [0.2, 0.25) is 6.54 Å². The number of ether oxygens (including phenoxy) is 3. The van der Waals surface area contributed by atoms with Crippen molar-refractivity contribution >= 4 is 35.0 Å². The summed E-state index contributed by atoms with van der Waals surface area (Å²) in [6.45, 7) is 6.45. The fourth-order valence-electron chi connectivity index (χ4n) is 3.95. The summed E-state index contributed by atoms with van der Waals surface area (Å²) < 4.78 is 19.3. The van der Waals surface area contributed by atoms with E-state index in [0.717, 1.165) is 17.0 Å². The van der Waals surface area contributed by atoms with Crippen LogP contribution in [0.3, 0.4) is 0 Å². The molecule has 0 N–H and O–H groups in total. The van der Waals surface area contributed by atoms with E-state index in [9.17, 15) is 10.1 Å². The van der Waals surface area contributed by atoms with E-state index in [-0.39, 0.29) is 18.1 Å². The number of nitro groups is 1. The summed E-state index contributed by atoms with van der Waals surface area (Å²) in [4.78, 5) is 11.3. The SMILES string of the molecule is CCOc1ccc(-n2c(C)nnc2S[C@@H](C[N+](=O)[O-])c2ccc(OCc3ccc(Cl)cc3Cl)c(OCC)c2)cc1. The molecule has 0 aliphatic carbocycles. The van der Waals surface area contributed by atoms with E-state index >= 15 is 0 Å². The smallest absolute Gasteiger partial charge is 0.220 e. The van der Waals surface area contributed by atoms with Crippen LogP contribution in [0.15, 0.2) is 65.8 Å². The number of halogens is 2.